The van der Waals surface area contributed by atoms with Gasteiger partial charge >= 0.3 is 0 Å². The standard InChI is InChI=1S/C19H26N4O2/c24-18(21-9-16-4-1-2-7-20-16)13-22-10-14-8-15(12-22)17-5-3-6-19(25)23(17)11-14/h1-2,4,7,14-15,17H,3,5-6,8-13H2,(H,21,24)/t14-,15-,17-/m1/s1. The fourth-order valence-corrected chi connectivity index (χ4v) is 4.79. The Hall–Kier alpha value is -1.95. The molecular formula is C19H26N4O2. The first-order valence-electron chi connectivity index (χ1n) is 9.37. The van der Waals surface area contributed by atoms with E-state index in [9.17, 15) is 9.59 Å². The first-order chi connectivity index (χ1) is 12.2. The summed E-state index contributed by atoms with van der Waals surface area (Å²) in [6.45, 7) is 3.66. The number of carbonyl (C=O) groups excluding carboxylic acids is 2. The average Bonchev–Trinajstić information content (AvgIpc) is 2.62. The second kappa shape index (κ2) is 7.12. The number of likely N-dealkylation sites (tertiary alicyclic amines) is 1. The number of carbonyl (C=O) groups is 2. The van der Waals surface area contributed by atoms with Crippen LogP contribution in [-0.4, -0.2) is 58.8 Å². The maximum atomic E-state index is 12.3. The molecule has 3 fully saturated rings. The van der Waals surface area contributed by atoms with E-state index in [0.29, 0.717) is 36.9 Å². The number of fused-ring (bicyclic) bond motifs is 4. The van der Waals surface area contributed by atoms with Gasteiger partial charge in [-0.1, -0.05) is 6.07 Å². The molecule has 3 saturated heterocycles. The lowest BCUT2D eigenvalue weighted by Crippen LogP contribution is -2.61. The summed E-state index contributed by atoms with van der Waals surface area (Å²) in [4.78, 5) is 33.1. The molecule has 1 N–H and O–H groups in total. The summed E-state index contributed by atoms with van der Waals surface area (Å²) < 4.78 is 0. The molecule has 4 rings (SSSR count). The Kier molecular flexibility index (Phi) is 4.70. The van der Waals surface area contributed by atoms with E-state index in [4.69, 9.17) is 0 Å². The van der Waals surface area contributed by atoms with Gasteiger partial charge in [-0.25, -0.2) is 0 Å². The number of piperidine rings is 3. The van der Waals surface area contributed by atoms with Gasteiger partial charge in [0.25, 0.3) is 0 Å². The van der Waals surface area contributed by atoms with Gasteiger partial charge in [0.05, 0.1) is 18.8 Å². The Bertz CT molecular complexity index is 636. The summed E-state index contributed by atoms with van der Waals surface area (Å²) in [6, 6.07) is 6.12. The second-order valence-corrected chi connectivity index (χ2v) is 7.66. The van der Waals surface area contributed by atoms with Crippen LogP contribution in [0.4, 0.5) is 0 Å². The van der Waals surface area contributed by atoms with Crippen molar-refractivity contribution in [3.8, 4) is 0 Å². The van der Waals surface area contributed by atoms with E-state index in [1.807, 2.05) is 18.2 Å². The van der Waals surface area contributed by atoms with Crippen LogP contribution in [0.15, 0.2) is 24.4 Å². The van der Waals surface area contributed by atoms with E-state index in [1.54, 1.807) is 6.20 Å². The topological polar surface area (TPSA) is 65.5 Å². The van der Waals surface area contributed by atoms with Crippen molar-refractivity contribution in [1.29, 1.82) is 0 Å². The molecule has 3 aliphatic rings. The Morgan fingerprint density at radius 1 is 1.28 bits per heavy atom. The van der Waals surface area contributed by atoms with E-state index in [0.717, 1.165) is 44.6 Å². The van der Waals surface area contributed by atoms with Gasteiger partial charge in [-0.15, -0.1) is 0 Å². The monoisotopic (exact) mass is 342 g/mol. The van der Waals surface area contributed by atoms with E-state index in [-0.39, 0.29) is 5.91 Å². The molecule has 3 aliphatic heterocycles. The molecule has 25 heavy (non-hydrogen) atoms. The van der Waals surface area contributed by atoms with Gasteiger partial charge in [0.1, 0.15) is 0 Å². The lowest BCUT2D eigenvalue weighted by atomic mass is 9.76. The highest BCUT2D eigenvalue weighted by atomic mass is 16.2. The molecule has 0 aliphatic carbocycles. The molecule has 3 atom stereocenters. The average molecular weight is 342 g/mol. The fraction of sp³-hybridized carbons (Fsp3) is 0.632. The molecule has 1 aromatic rings. The van der Waals surface area contributed by atoms with Crippen molar-refractivity contribution in [2.24, 2.45) is 11.8 Å². The molecule has 0 radical (unpaired) electrons. The van der Waals surface area contributed by atoms with Gasteiger partial charge in [0, 0.05) is 38.3 Å². The number of aromatic nitrogens is 1. The third kappa shape index (κ3) is 3.68. The Labute approximate surface area is 148 Å². The van der Waals surface area contributed by atoms with Crippen LogP contribution >= 0.6 is 0 Å². The van der Waals surface area contributed by atoms with Gasteiger partial charge in [0.2, 0.25) is 11.8 Å². The molecule has 6 nitrogen and oxygen atoms in total. The van der Waals surface area contributed by atoms with Crippen LogP contribution in [0.5, 0.6) is 0 Å². The third-order valence-electron chi connectivity index (χ3n) is 5.82. The van der Waals surface area contributed by atoms with Gasteiger partial charge in [-0.2, -0.15) is 0 Å². The van der Waals surface area contributed by atoms with Crippen LogP contribution in [0, 0.1) is 11.8 Å². The van der Waals surface area contributed by atoms with E-state index < -0.39 is 0 Å². The van der Waals surface area contributed by atoms with Crippen molar-refractivity contribution in [1.82, 2.24) is 20.1 Å². The van der Waals surface area contributed by atoms with Crippen LogP contribution in [0.25, 0.3) is 0 Å². The molecule has 6 heteroatoms. The number of hydrogen-bond donors (Lipinski definition) is 1. The minimum atomic E-state index is 0.0576. The highest BCUT2D eigenvalue weighted by Gasteiger charge is 2.43. The second-order valence-electron chi connectivity index (χ2n) is 7.66. The van der Waals surface area contributed by atoms with Gasteiger partial charge in [0.15, 0.2) is 0 Å². The van der Waals surface area contributed by atoms with Crippen LogP contribution < -0.4 is 5.32 Å². The first-order valence-corrected chi connectivity index (χ1v) is 9.37. The van der Waals surface area contributed by atoms with Gasteiger partial charge in [-0.05, 0) is 43.2 Å². The predicted octanol–water partition coefficient (Wildman–Crippen LogP) is 1.03. The number of hydrogen-bond acceptors (Lipinski definition) is 4. The molecule has 134 valence electrons. The SMILES string of the molecule is O=C(CN1C[C@H]2C[C@H](C1)[C@H]1CCCC(=O)N1C2)NCc1ccccn1. The summed E-state index contributed by atoms with van der Waals surface area (Å²) in [5.41, 5.74) is 0.878. The largest absolute Gasteiger partial charge is 0.349 e. The van der Waals surface area contributed by atoms with Crippen molar-refractivity contribution in [2.75, 3.05) is 26.2 Å². The van der Waals surface area contributed by atoms with Gasteiger partial charge in [-0.3, -0.25) is 19.5 Å². The Balaban J connectivity index is 1.31. The van der Waals surface area contributed by atoms with Gasteiger partial charge < -0.3 is 10.2 Å². The van der Waals surface area contributed by atoms with E-state index in [2.05, 4.69) is 20.1 Å². The van der Waals surface area contributed by atoms with Crippen molar-refractivity contribution < 1.29 is 9.59 Å². The zero-order valence-corrected chi connectivity index (χ0v) is 14.6. The van der Waals surface area contributed by atoms with Crippen LogP contribution in [0.1, 0.15) is 31.4 Å². The maximum Gasteiger partial charge on any atom is 0.234 e. The number of nitrogens with zero attached hydrogens (tertiary/aromatic N) is 3. The molecule has 2 amide bonds. The molecule has 0 saturated carbocycles. The minimum Gasteiger partial charge on any atom is -0.349 e. The number of rotatable bonds is 4. The van der Waals surface area contributed by atoms with E-state index in [1.165, 1.54) is 6.42 Å². The molecule has 2 bridgehead atoms. The van der Waals surface area contributed by atoms with Crippen molar-refractivity contribution >= 4 is 11.8 Å². The summed E-state index contributed by atoms with van der Waals surface area (Å²) in [6.07, 6.45) is 5.81. The van der Waals surface area contributed by atoms with Crippen LogP contribution in [0.3, 0.4) is 0 Å². The van der Waals surface area contributed by atoms with Crippen molar-refractivity contribution in [3.63, 3.8) is 0 Å². The highest BCUT2D eigenvalue weighted by Crippen LogP contribution is 2.37. The van der Waals surface area contributed by atoms with Crippen LogP contribution in [-0.2, 0) is 16.1 Å². The van der Waals surface area contributed by atoms with Crippen LogP contribution in [0.2, 0.25) is 0 Å². The normalized spacial score (nSPS) is 29.2. The molecule has 0 unspecified atom stereocenters. The summed E-state index contributed by atoms with van der Waals surface area (Å²) >= 11 is 0. The molecule has 0 aromatic carbocycles. The zero-order valence-electron chi connectivity index (χ0n) is 14.6. The third-order valence-corrected chi connectivity index (χ3v) is 5.82. The predicted molar refractivity (Wildman–Crippen MR) is 93.5 cm³/mol. The Morgan fingerprint density at radius 3 is 3.04 bits per heavy atom. The fourth-order valence-electron chi connectivity index (χ4n) is 4.79. The maximum absolute atomic E-state index is 12.3. The summed E-state index contributed by atoms with van der Waals surface area (Å²) in [7, 11) is 0. The molecule has 1 aromatic heterocycles. The van der Waals surface area contributed by atoms with E-state index >= 15 is 0 Å². The zero-order chi connectivity index (χ0) is 17.2. The summed E-state index contributed by atoms with van der Waals surface area (Å²) in [5, 5.41) is 2.97. The minimum absolute atomic E-state index is 0.0576. The Morgan fingerprint density at radius 2 is 2.20 bits per heavy atom. The lowest BCUT2D eigenvalue weighted by Gasteiger charge is -2.52. The smallest absolute Gasteiger partial charge is 0.234 e. The van der Waals surface area contributed by atoms with Crippen molar-refractivity contribution in [2.45, 2.75) is 38.3 Å². The molecule has 4 heterocycles. The number of amides is 2. The summed E-state index contributed by atoms with van der Waals surface area (Å²) in [5.74, 6) is 1.44. The highest BCUT2D eigenvalue weighted by molar-refractivity contribution is 5.78. The molecular weight excluding hydrogens is 316 g/mol. The number of nitrogens with one attached hydrogen (secondary N) is 1. The quantitative estimate of drug-likeness (QED) is 0.888. The van der Waals surface area contributed by atoms with Crippen molar-refractivity contribution in [3.05, 3.63) is 30.1 Å². The lowest BCUT2D eigenvalue weighted by molar-refractivity contribution is -0.145. The molecule has 0 spiro atoms. The first kappa shape index (κ1) is 16.5. The number of pyridine rings is 1.